The second-order valence-corrected chi connectivity index (χ2v) is 9.23. The molecule has 3 rings (SSSR count). The summed E-state index contributed by atoms with van der Waals surface area (Å²) in [6, 6.07) is 25.0. The van der Waals surface area contributed by atoms with E-state index in [-0.39, 0.29) is 23.9 Å². The molecule has 0 saturated carbocycles. The Kier molecular flexibility index (Phi) is 7.57. The van der Waals surface area contributed by atoms with Gasteiger partial charge in [-0.15, -0.1) is 0 Å². The highest BCUT2D eigenvalue weighted by atomic mass is 16.6. The van der Waals surface area contributed by atoms with Gasteiger partial charge in [-0.3, -0.25) is 0 Å². The van der Waals surface area contributed by atoms with Crippen molar-refractivity contribution in [2.24, 2.45) is 5.92 Å². The van der Waals surface area contributed by atoms with Crippen molar-refractivity contribution in [3.05, 3.63) is 90.0 Å². The average molecular weight is 433 g/mol. The van der Waals surface area contributed by atoms with Crippen molar-refractivity contribution in [1.82, 2.24) is 0 Å². The fraction of sp³-hybridized carbons (Fsp3) is 0.321. The largest absolute Gasteiger partial charge is 0.478 e. The maximum Gasteiger partial charge on any atom is 0.347 e. The van der Waals surface area contributed by atoms with E-state index in [2.05, 4.69) is 20.8 Å². The van der Waals surface area contributed by atoms with Crippen LogP contribution in [0.4, 0.5) is 0 Å². The molecule has 0 aliphatic rings. The van der Waals surface area contributed by atoms with E-state index in [9.17, 15) is 4.79 Å². The summed E-state index contributed by atoms with van der Waals surface area (Å²) in [4.78, 5) is 12.8. The molecule has 3 aromatic rings. The Bertz CT molecular complexity index is 1000. The number of esters is 1. The quantitative estimate of drug-likeness (QED) is 0.362. The molecule has 32 heavy (non-hydrogen) atoms. The first-order chi connectivity index (χ1) is 15.2. The van der Waals surface area contributed by atoms with Gasteiger partial charge in [0.2, 0.25) is 0 Å². The number of ether oxygens (including phenoxy) is 3. The molecule has 0 radical (unpaired) electrons. The molecule has 4 nitrogen and oxygen atoms in total. The molecule has 4 heteroatoms. The SMILES string of the molecule is CC(C)C(Oc1ccc(C(C)(C)C)cc1)C(=O)OCc1cccc(Oc2ccccc2)c1. The number of rotatable bonds is 8. The minimum absolute atomic E-state index is 0.0301. The van der Waals surface area contributed by atoms with E-state index in [0.717, 1.165) is 11.3 Å². The van der Waals surface area contributed by atoms with E-state index in [1.54, 1.807) is 0 Å². The van der Waals surface area contributed by atoms with Gasteiger partial charge in [0.25, 0.3) is 0 Å². The van der Waals surface area contributed by atoms with Crippen LogP contribution >= 0.6 is 0 Å². The fourth-order valence-corrected chi connectivity index (χ4v) is 3.20. The molecule has 1 atom stereocenters. The molecule has 0 heterocycles. The molecule has 0 aliphatic carbocycles. The normalized spacial score (nSPS) is 12.3. The van der Waals surface area contributed by atoms with Crippen LogP contribution in [0.3, 0.4) is 0 Å². The van der Waals surface area contributed by atoms with Crippen LogP contribution in [0.1, 0.15) is 45.7 Å². The first kappa shape index (κ1) is 23.4. The third kappa shape index (κ3) is 6.61. The molecule has 0 amide bonds. The predicted octanol–water partition coefficient (Wildman–Crippen LogP) is 6.92. The first-order valence-corrected chi connectivity index (χ1v) is 11.0. The molecular weight excluding hydrogens is 400 g/mol. The molecule has 0 aromatic heterocycles. The minimum atomic E-state index is -0.681. The lowest BCUT2D eigenvalue weighted by Gasteiger charge is -2.23. The lowest BCUT2D eigenvalue weighted by Crippen LogP contribution is -2.34. The Hall–Kier alpha value is -3.27. The minimum Gasteiger partial charge on any atom is -0.478 e. The van der Waals surface area contributed by atoms with E-state index < -0.39 is 6.10 Å². The van der Waals surface area contributed by atoms with Gasteiger partial charge >= 0.3 is 5.97 Å². The molecular formula is C28H32O4. The van der Waals surface area contributed by atoms with Crippen molar-refractivity contribution in [3.63, 3.8) is 0 Å². The summed E-state index contributed by atoms with van der Waals surface area (Å²) in [6.07, 6.45) is -0.681. The summed E-state index contributed by atoms with van der Waals surface area (Å²) in [5.41, 5.74) is 2.13. The van der Waals surface area contributed by atoms with Gasteiger partial charge in [-0.25, -0.2) is 4.79 Å². The van der Waals surface area contributed by atoms with Crippen molar-refractivity contribution in [1.29, 1.82) is 0 Å². The van der Waals surface area contributed by atoms with E-state index >= 15 is 0 Å². The topological polar surface area (TPSA) is 44.8 Å². The van der Waals surface area contributed by atoms with Crippen LogP contribution in [0.15, 0.2) is 78.9 Å². The van der Waals surface area contributed by atoms with E-state index in [4.69, 9.17) is 14.2 Å². The lowest BCUT2D eigenvalue weighted by atomic mass is 9.87. The van der Waals surface area contributed by atoms with Crippen molar-refractivity contribution in [3.8, 4) is 17.2 Å². The Morgan fingerprint density at radius 2 is 1.47 bits per heavy atom. The van der Waals surface area contributed by atoms with Gasteiger partial charge in [0.1, 0.15) is 23.9 Å². The van der Waals surface area contributed by atoms with Gasteiger partial charge in [-0.1, -0.05) is 77.1 Å². The molecule has 0 fully saturated rings. The summed E-state index contributed by atoms with van der Waals surface area (Å²) < 4.78 is 17.4. The summed E-state index contributed by atoms with van der Waals surface area (Å²) >= 11 is 0. The summed E-state index contributed by atoms with van der Waals surface area (Å²) in [5.74, 6) is 1.70. The average Bonchev–Trinajstić information content (AvgIpc) is 2.76. The van der Waals surface area contributed by atoms with Crippen molar-refractivity contribution in [2.45, 2.75) is 52.7 Å². The van der Waals surface area contributed by atoms with Crippen LogP contribution in [0.2, 0.25) is 0 Å². The highest BCUT2D eigenvalue weighted by Crippen LogP contribution is 2.26. The van der Waals surface area contributed by atoms with Crippen molar-refractivity contribution < 1.29 is 19.0 Å². The standard InChI is InChI=1S/C28H32O4/c1-20(2)26(32-24-16-14-22(15-17-24)28(3,4)5)27(29)30-19-21-10-9-13-25(18-21)31-23-11-7-6-8-12-23/h6-18,20,26H,19H2,1-5H3. The van der Waals surface area contributed by atoms with Crippen LogP contribution in [0, 0.1) is 5.92 Å². The smallest absolute Gasteiger partial charge is 0.347 e. The molecule has 1 unspecified atom stereocenters. The zero-order chi connectivity index (χ0) is 23.1. The molecule has 0 saturated heterocycles. The Labute approximate surface area is 191 Å². The second kappa shape index (κ2) is 10.4. The predicted molar refractivity (Wildman–Crippen MR) is 127 cm³/mol. The summed E-state index contributed by atoms with van der Waals surface area (Å²) in [7, 11) is 0. The monoisotopic (exact) mass is 432 g/mol. The van der Waals surface area contributed by atoms with Gasteiger partial charge in [-0.2, -0.15) is 0 Å². The van der Waals surface area contributed by atoms with Crippen LogP contribution in [-0.2, 0) is 21.6 Å². The number of carbonyl (C=O) groups excluding carboxylic acids is 1. The number of hydrogen-bond donors (Lipinski definition) is 0. The van der Waals surface area contributed by atoms with E-state index in [1.807, 2.05) is 92.7 Å². The van der Waals surface area contributed by atoms with Crippen molar-refractivity contribution in [2.75, 3.05) is 0 Å². The van der Waals surface area contributed by atoms with Gasteiger partial charge in [0, 0.05) is 5.92 Å². The molecule has 0 spiro atoms. The Morgan fingerprint density at radius 3 is 2.09 bits per heavy atom. The zero-order valence-corrected chi connectivity index (χ0v) is 19.5. The van der Waals surface area contributed by atoms with E-state index in [1.165, 1.54) is 5.56 Å². The highest BCUT2D eigenvalue weighted by Gasteiger charge is 2.26. The highest BCUT2D eigenvalue weighted by molar-refractivity contribution is 5.75. The number of hydrogen-bond acceptors (Lipinski definition) is 4. The van der Waals surface area contributed by atoms with Crippen molar-refractivity contribution >= 4 is 5.97 Å². The molecule has 3 aromatic carbocycles. The molecule has 0 N–H and O–H groups in total. The van der Waals surface area contributed by atoms with Gasteiger partial charge < -0.3 is 14.2 Å². The maximum atomic E-state index is 12.8. The number of carbonyl (C=O) groups is 1. The number of para-hydroxylation sites is 1. The summed E-state index contributed by atoms with van der Waals surface area (Å²) in [5, 5.41) is 0. The molecule has 0 bridgehead atoms. The Morgan fingerprint density at radius 1 is 0.812 bits per heavy atom. The van der Waals surface area contributed by atoms with Gasteiger partial charge in [-0.05, 0) is 52.9 Å². The van der Waals surface area contributed by atoms with Crippen LogP contribution in [0.5, 0.6) is 17.2 Å². The van der Waals surface area contributed by atoms with Crippen LogP contribution in [-0.4, -0.2) is 12.1 Å². The van der Waals surface area contributed by atoms with Crippen LogP contribution < -0.4 is 9.47 Å². The third-order valence-corrected chi connectivity index (χ3v) is 5.08. The maximum absolute atomic E-state index is 12.8. The van der Waals surface area contributed by atoms with E-state index in [0.29, 0.717) is 11.5 Å². The second-order valence-electron chi connectivity index (χ2n) is 9.23. The lowest BCUT2D eigenvalue weighted by molar-refractivity contribution is -0.155. The summed E-state index contributed by atoms with van der Waals surface area (Å²) in [6.45, 7) is 10.5. The third-order valence-electron chi connectivity index (χ3n) is 5.08. The first-order valence-electron chi connectivity index (χ1n) is 11.0. The zero-order valence-electron chi connectivity index (χ0n) is 19.5. The number of benzene rings is 3. The molecule has 168 valence electrons. The fourth-order valence-electron chi connectivity index (χ4n) is 3.20. The van der Waals surface area contributed by atoms with Crippen LogP contribution in [0.25, 0.3) is 0 Å². The molecule has 0 aliphatic heterocycles. The Balaban J connectivity index is 1.61. The van der Waals surface area contributed by atoms with Gasteiger partial charge in [0.15, 0.2) is 6.10 Å². The van der Waals surface area contributed by atoms with Gasteiger partial charge in [0.05, 0.1) is 0 Å².